The second kappa shape index (κ2) is 11.0. The van der Waals surface area contributed by atoms with Crippen LogP contribution in [0.25, 0.3) is 0 Å². The fourth-order valence-electron chi connectivity index (χ4n) is 6.03. The van der Waals surface area contributed by atoms with Gasteiger partial charge in [0.05, 0.1) is 0 Å². The first-order valence-corrected chi connectivity index (χ1v) is 13.5. The van der Waals surface area contributed by atoms with Gasteiger partial charge in [-0.1, -0.05) is 62.4 Å². The van der Waals surface area contributed by atoms with Gasteiger partial charge in [0.2, 0.25) is 0 Å². The molecule has 3 aliphatic rings. The Balaban J connectivity index is 1.17. The minimum absolute atomic E-state index is 0.201. The summed E-state index contributed by atoms with van der Waals surface area (Å²) < 4.78 is 11.0. The zero-order valence-electron chi connectivity index (χ0n) is 20.9. The smallest absolute Gasteiger partial charge is 0.400 e. The first-order valence-electron chi connectivity index (χ1n) is 13.5. The molecule has 0 amide bonds. The number of H-pyrrole nitrogens is 1. The predicted molar refractivity (Wildman–Crippen MR) is 135 cm³/mol. The van der Waals surface area contributed by atoms with Gasteiger partial charge in [-0.05, 0) is 61.1 Å². The third-order valence-electron chi connectivity index (χ3n) is 8.20. The van der Waals surface area contributed by atoms with Gasteiger partial charge in [0.25, 0.3) is 5.56 Å². The Morgan fingerprint density at radius 2 is 1.47 bits per heavy atom. The Bertz CT molecular complexity index is 1100. The molecule has 3 fully saturated rings. The standard InChI is InChI=1S/C29H36N2O5/c32-26-25(7-4-17-30-26)20-31-18-16-24(19-29(31)35-27(33)28(34)36-29)15-14-23-12-10-22(11-13-23)9-8-21-5-2-1-3-6-21/h4,7,10-13,17,21,24H,1-3,5-6,8-9,14-16,18-20H2,(H,30,32). The number of likely N-dealkylation sites (tertiary alicyclic amines) is 1. The van der Waals surface area contributed by atoms with Gasteiger partial charge in [0.15, 0.2) is 0 Å². The molecule has 192 valence electrons. The third kappa shape index (κ3) is 5.72. The minimum Gasteiger partial charge on any atom is -0.400 e. The van der Waals surface area contributed by atoms with Crippen molar-refractivity contribution >= 4 is 11.9 Å². The topological polar surface area (TPSA) is 88.7 Å². The average molecular weight is 493 g/mol. The number of nitrogens with one attached hydrogen (secondary N) is 1. The Hall–Kier alpha value is -2.93. The average Bonchev–Trinajstić information content (AvgIpc) is 3.18. The molecule has 1 N–H and O–H groups in total. The molecule has 7 heteroatoms. The highest BCUT2D eigenvalue weighted by Gasteiger charge is 2.55. The van der Waals surface area contributed by atoms with Crippen LogP contribution in [0.2, 0.25) is 0 Å². The van der Waals surface area contributed by atoms with Gasteiger partial charge in [-0.3, -0.25) is 4.79 Å². The summed E-state index contributed by atoms with van der Waals surface area (Å²) in [6, 6.07) is 12.5. The van der Waals surface area contributed by atoms with E-state index in [2.05, 4.69) is 29.2 Å². The first-order chi connectivity index (χ1) is 17.5. The van der Waals surface area contributed by atoms with E-state index in [9.17, 15) is 14.4 Å². The number of rotatable bonds is 8. The molecule has 1 aromatic carbocycles. The number of aromatic nitrogens is 1. The Morgan fingerprint density at radius 1 is 0.833 bits per heavy atom. The summed E-state index contributed by atoms with van der Waals surface area (Å²) in [5.74, 6) is -2.23. The highest BCUT2D eigenvalue weighted by molar-refractivity contribution is 6.31. The van der Waals surface area contributed by atoms with Crippen molar-refractivity contribution < 1.29 is 19.1 Å². The Labute approximate surface area is 212 Å². The second-order valence-corrected chi connectivity index (χ2v) is 10.7. The number of carbonyl (C=O) groups excluding carboxylic acids is 2. The van der Waals surface area contributed by atoms with Crippen LogP contribution in [0.1, 0.15) is 74.5 Å². The second-order valence-electron chi connectivity index (χ2n) is 10.7. The SMILES string of the molecule is O=C1OC2(CC(CCc3ccc(CCC4CCCCC4)cc3)CCN2Cc2ccc[nH]c2=O)OC1=O. The molecule has 2 aromatic rings. The van der Waals surface area contributed by atoms with Crippen molar-refractivity contribution in [2.75, 3.05) is 6.54 Å². The maximum absolute atomic E-state index is 12.2. The fourth-order valence-corrected chi connectivity index (χ4v) is 6.03. The highest BCUT2D eigenvalue weighted by atomic mass is 16.8. The van der Waals surface area contributed by atoms with Gasteiger partial charge < -0.3 is 14.5 Å². The zero-order valence-corrected chi connectivity index (χ0v) is 20.9. The van der Waals surface area contributed by atoms with E-state index in [1.165, 1.54) is 49.7 Å². The zero-order chi connectivity index (χ0) is 25.0. The number of piperidine rings is 1. The van der Waals surface area contributed by atoms with E-state index in [4.69, 9.17) is 9.47 Å². The van der Waals surface area contributed by atoms with Gasteiger partial charge in [-0.2, -0.15) is 0 Å². The maximum atomic E-state index is 12.2. The summed E-state index contributed by atoms with van der Waals surface area (Å²) in [5, 5.41) is 0. The molecule has 5 rings (SSSR count). The molecule has 36 heavy (non-hydrogen) atoms. The fraction of sp³-hybridized carbons (Fsp3) is 0.552. The van der Waals surface area contributed by atoms with Crippen molar-refractivity contribution in [1.82, 2.24) is 9.88 Å². The molecule has 1 unspecified atom stereocenters. The van der Waals surface area contributed by atoms with Crippen LogP contribution in [0.5, 0.6) is 0 Å². The number of benzene rings is 1. The predicted octanol–water partition coefficient (Wildman–Crippen LogP) is 4.49. The lowest BCUT2D eigenvalue weighted by atomic mass is 9.85. The van der Waals surface area contributed by atoms with Gasteiger partial charge in [0.1, 0.15) is 0 Å². The molecule has 1 atom stereocenters. The monoisotopic (exact) mass is 492 g/mol. The molecular formula is C29H36N2O5. The van der Waals surface area contributed by atoms with Gasteiger partial charge in [-0.15, -0.1) is 0 Å². The van der Waals surface area contributed by atoms with Gasteiger partial charge >= 0.3 is 17.8 Å². The number of hydrogen-bond acceptors (Lipinski definition) is 6. The first kappa shape index (κ1) is 24.8. The summed E-state index contributed by atoms with van der Waals surface area (Å²) in [6.45, 7) is 0.811. The van der Waals surface area contributed by atoms with Crippen molar-refractivity contribution in [3.05, 3.63) is 69.6 Å². The van der Waals surface area contributed by atoms with Crippen molar-refractivity contribution in [3.8, 4) is 0 Å². The van der Waals surface area contributed by atoms with Crippen molar-refractivity contribution in [1.29, 1.82) is 0 Å². The molecular weight excluding hydrogens is 456 g/mol. The number of ether oxygens (including phenoxy) is 2. The lowest BCUT2D eigenvalue weighted by Gasteiger charge is -2.43. The summed E-state index contributed by atoms with van der Waals surface area (Å²) >= 11 is 0. The lowest BCUT2D eigenvalue weighted by molar-refractivity contribution is -0.274. The van der Waals surface area contributed by atoms with E-state index in [0.29, 0.717) is 18.5 Å². The molecule has 3 heterocycles. The molecule has 1 aliphatic carbocycles. The molecule has 0 radical (unpaired) electrons. The van der Waals surface area contributed by atoms with Crippen LogP contribution in [-0.4, -0.2) is 34.3 Å². The number of nitrogens with zero attached hydrogens (tertiary/aromatic N) is 1. The molecule has 1 saturated carbocycles. The number of esters is 2. The van der Waals surface area contributed by atoms with Gasteiger partial charge in [-0.25, -0.2) is 14.5 Å². The third-order valence-corrected chi connectivity index (χ3v) is 8.20. The number of carbonyl (C=O) groups is 2. The van der Waals surface area contributed by atoms with Crippen LogP contribution in [-0.2, 0) is 38.4 Å². The number of hydrogen-bond donors (Lipinski definition) is 1. The van der Waals surface area contributed by atoms with E-state index in [1.807, 2.05) is 0 Å². The van der Waals surface area contributed by atoms with Crippen molar-refractivity contribution in [2.45, 2.75) is 83.1 Å². The van der Waals surface area contributed by atoms with Crippen LogP contribution in [0.15, 0.2) is 47.4 Å². The molecule has 2 saturated heterocycles. The number of pyridine rings is 1. The van der Waals surface area contributed by atoms with E-state index < -0.39 is 17.8 Å². The Morgan fingerprint density at radius 3 is 2.11 bits per heavy atom. The van der Waals surface area contributed by atoms with Gasteiger partial charge in [0, 0.05) is 31.3 Å². The van der Waals surface area contributed by atoms with E-state index in [0.717, 1.165) is 31.6 Å². The summed E-state index contributed by atoms with van der Waals surface area (Å²) in [7, 11) is 0. The number of aromatic amines is 1. The van der Waals surface area contributed by atoms with E-state index in [-0.39, 0.29) is 18.0 Å². The molecule has 2 aliphatic heterocycles. The van der Waals surface area contributed by atoms with Crippen LogP contribution in [0, 0.1) is 11.8 Å². The van der Waals surface area contributed by atoms with Crippen LogP contribution < -0.4 is 5.56 Å². The molecule has 1 aromatic heterocycles. The normalized spacial score (nSPS) is 22.5. The van der Waals surface area contributed by atoms with Crippen molar-refractivity contribution in [2.24, 2.45) is 11.8 Å². The van der Waals surface area contributed by atoms with E-state index >= 15 is 0 Å². The summed E-state index contributed by atoms with van der Waals surface area (Å²) in [4.78, 5) is 40.7. The van der Waals surface area contributed by atoms with Crippen LogP contribution in [0.3, 0.4) is 0 Å². The Kier molecular flexibility index (Phi) is 7.56. The van der Waals surface area contributed by atoms with E-state index in [1.54, 1.807) is 23.2 Å². The largest absolute Gasteiger partial charge is 0.421 e. The molecule has 1 spiro atoms. The molecule has 0 bridgehead atoms. The molecule has 7 nitrogen and oxygen atoms in total. The minimum atomic E-state index is -1.43. The summed E-state index contributed by atoms with van der Waals surface area (Å²) in [5.41, 5.74) is 3.05. The number of aryl methyl sites for hydroxylation is 2. The van der Waals surface area contributed by atoms with Crippen LogP contribution >= 0.6 is 0 Å². The maximum Gasteiger partial charge on any atom is 0.421 e. The van der Waals surface area contributed by atoms with Crippen LogP contribution in [0.4, 0.5) is 0 Å². The highest BCUT2D eigenvalue weighted by Crippen LogP contribution is 2.40. The summed E-state index contributed by atoms with van der Waals surface area (Å²) in [6.07, 6.45) is 14.1. The lowest BCUT2D eigenvalue weighted by Crippen LogP contribution is -2.55. The quantitative estimate of drug-likeness (QED) is 0.432. The van der Waals surface area contributed by atoms with Crippen molar-refractivity contribution in [3.63, 3.8) is 0 Å².